The number of hydrogen-bond donors (Lipinski definition) is 1. The van der Waals surface area contributed by atoms with E-state index in [1.807, 2.05) is 0 Å². The molecule has 0 atom stereocenters. The molecule has 1 fully saturated rings. The third kappa shape index (κ3) is 3.86. The van der Waals surface area contributed by atoms with Gasteiger partial charge in [0.25, 0.3) is 0 Å². The summed E-state index contributed by atoms with van der Waals surface area (Å²) in [4.78, 5) is 2.59. The molecule has 1 aliphatic heterocycles. The number of nitrogens with one attached hydrogen (secondary N) is 1. The lowest BCUT2D eigenvalue weighted by Crippen LogP contribution is -2.31. The van der Waals surface area contributed by atoms with Crippen molar-refractivity contribution in [3.63, 3.8) is 0 Å². The molecule has 0 unspecified atom stereocenters. The minimum atomic E-state index is 1.08. The molecule has 0 radical (unpaired) electrons. The Labute approximate surface area is 98.7 Å². The number of benzene rings is 1. The van der Waals surface area contributed by atoms with Crippen molar-refractivity contribution in [2.75, 3.05) is 31.5 Å². The van der Waals surface area contributed by atoms with Crippen LogP contribution in [0, 0.1) is 0 Å². The number of para-hydroxylation sites is 1. The van der Waals surface area contributed by atoms with Crippen LogP contribution in [0.25, 0.3) is 0 Å². The number of likely N-dealkylation sites (tertiary alicyclic amines) is 1. The lowest BCUT2D eigenvalue weighted by atomic mass is 10.1. The van der Waals surface area contributed by atoms with Crippen molar-refractivity contribution in [2.24, 2.45) is 0 Å². The van der Waals surface area contributed by atoms with Gasteiger partial charge in [0.15, 0.2) is 0 Å². The summed E-state index contributed by atoms with van der Waals surface area (Å²) in [5.41, 5.74) is 1.24. The fourth-order valence-electron chi connectivity index (χ4n) is 2.27. The Hall–Kier alpha value is -1.02. The predicted molar refractivity (Wildman–Crippen MR) is 69.8 cm³/mol. The average molecular weight is 218 g/mol. The predicted octanol–water partition coefficient (Wildman–Crippen LogP) is 2.97. The van der Waals surface area contributed by atoms with Gasteiger partial charge in [0, 0.05) is 12.2 Å². The van der Waals surface area contributed by atoms with E-state index in [1.54, 1.807) is 0 Å². The minimum absolute atomic E-state index is 1.08. The van der Waals surface area contributed by atoms with Gasteiger partial charge >= 0.3 is 0 Å². The normalized spacial score (nSPS) is 17.2. The fraction of sp³-hybridized carbons (Fsp3) is 0.571. The standard InChI is InChI=1S/C14H22N2/c1-3-8-14(9-4-1)15-10-7-13-16-11-5-2-6-12-16/h1,3-4,8-9,15H,2,5-7,10-13H2. The summed E-state index contributed by atoms with van der Waals surface area (Å²) in [6.07, 6.45) is 5.46. The van der Waals surface area contributed by atoms with Crippen molar-refractivity contribution in [1.82, 2.24) is 4.90 Å². The molecule has 0 aromatic heterocycles. The van der Waals surface area contributed by atoms with Gasteiger partial charge in [-0.15, -0.1) is 0 Å². The summed E-state index contributed by atoms with van der Waals surface area (Å²) in [6, 6.07) is 10.5. The number of anilines is 1. The van der Waals surface area contributed by atoms with Crippen LogP contribution in [-0.4, -0.2) is 31.1 Å². The molecule has 1 aliphatic rings. The zero-order valence-corrected chi connectivity index (χ0v) is 9.99. The summed E-state index contributed by atoms with van der Waals surface area (Å²) < 4.78 is 0. The summed E-state index contributed by atoms with van der Waals surface area (Å²) in [6.45, 7) is 4.96. The largest absolute Gasteiger partial charge is 0.385 e. The highest BCUT2D eigenvalue weighted by molar-refractivity contribution is 5.42. The maximum atomic E-state index is 3.46. The summed E-state index contributed by atoms with van der Waals surface area (Å²) in [5, 5.41) is 3.46. The molecule has 2 nitrogen and oxygen atoms in total. The quantitative estimate of drug-likeness (QED) is 0.764. The molecule has 0 bridgehead atoms. The molecule has 0 saturated carbocycles. The molecule has 16 heavy (non-hydrogen) atoms. The molecule has 2 heteroatoms. The number of piperidine rings is 1. The molecule has 0 aliphatic carbocycles. The van der Waals surface area contributed by atoms with Crippen LogP contribution in [0.4, 0.5) is 5.69 Å². The van der Waals surface area contributed by atoms with Crippen LogP contribution >= 0.6 is 0 Å². The first-order valence-corrected chi connectivity index (χ1v) is 6.46. The Balaban J connectivity index is 1.58. The van der Waals surface area contributed by atoms with Crippen molar-refractivity contribution in [3.8, 4) is 0 Å². The molecule has 1 heterocycles. The maximum Gasteiger partial charge on any atom is 0.0340 e. The molecule has 1 N–H and O–H groups in total. The molecular formula is C14H22N2. The van der Waals surface area contributed by atoms with Crippen LogP contribution in [0.2, 0.25) is 0 Å². The lowest BCUT2D eigenvalue weighted by Gasteiger charge is -2.26. The van der Waals surface area contributed by atoms with Crippen LogP contribution in [0.3, 0.4) is 0 Å². The monoisotopic (exact) mass is 218 g/mol. The second-order valence-electron chi connectivity index (χ2n) is 4.55. The van der Waals surface area contributed by atoms with E-state index in [1.165, 1.54) is 51.0 Å². The van der Waals surface area contributed by atoms with E-state index in [0.29, 0.717) is 0 Å². The fourth-order valence-corrected chi connectivity index (χ4v) is 2.27. The average Bonchev–Trinajstić information content (AvgIpc) is 2.37. The van der Waals surface area contributed by atoms with E-state index in [9.17, 15) is 0 Å². The van der Waals surface area contributed by atoms with Gasteiger partial charge in [0.1, 0.15) is 0 Å². The highest BCUT2D eigenvalue weighted by Crippen LogP contribution is 2.09. The summed E-state index contributed by atoms with van der Waals surface area (Å²) >= 11 is 0. The second kappa shape index (κ2) is 6.54. The van der Waals surface area contributed by atoms with Gasteiger partial charge in [-0.1, -0.05) is 24.6 Å². The zero-order chi connectivity index (χ0) is 11.1. The topological polar surface area (TPSA) is 15.3 Å². The Morgan fingerprint density at radius 1 is 1.00 bits per heavy atom. The molecule has 1 saturated heterocycles. The smallest absolute Gasteiger partial charge is 0.0340 e. The summed E-state index contributed by atoms with van der Waals surface area (Å²) in [5.74, 6) is 0. The lowest BCUT2D eigenvalue weighted by molar-refractivity contribution is 0.228. The van der Waals surface area contributed by atoms with Crippen molar-refractivity contribution >= 4 is 5.69 Å². The van der Waals surface area contributed by atoms with Gasteiger partial charge in [-0.25, -0.2) is 0 Å². The third-order valence-corrected chi connectivity index (χ3v) is 3.20. The minimum Gasteiger partial charge on any atom is -0.385 e. The Morgan fingerprint density at radius 2 is 1.75 bits per heavy atom. The first-order chi connectivity index (χ1) is 7.95. The molecule has 88 valence electrons. The van der Waals surface area contributed by atoms with Crippen LogP contribution in [0.5, 0.6) is 0 Å². The highest BCUT2D eigenvalue weighted by Gasteiger charge is 2.08. The first-order valence-electron chi connectivity index (χ1n) is 6.46. The van der Waals surface area contributed by atoms with Crippen LogP contribution in [0.1, 0.15) is 25.7 Å². The van der Waals surface area contributed by atoms with E-state index in [-0.39, 0.29) is 0 Å². The van der Waals surface area contributed by atoms with Gasteiger partial charge in [-0.2, -0.15) is 0 Å². The number of rotatable bonds is 5. The van der Waals surface area contributed by atoms with Gasteiger partial charge < -0.3 is 10.2 Å². The van der Waals surface area contributed by atoms with Crippen molar-refractivity contribution in [1.29, 1.82) is 0 Å². The van der Waals surface area contributed by atoms with E-state index < -0.39 is 0 Å². The first kappa shape index (κ1) is 11.5. The molecule has 0 spiro atoms. The number of nitrogens with zero attached hydrogens (tertiary/aromatic N) is 1. The van der Waals surface area contributed by atoms with E-state index in [4.69, 9.17) is 0 Å². The van der Waals surface area contributed by atoms with E-state index >= 15 is 0 Å². The Bertz CT molecular complexity index is 278. The van der Waals surface area contributed by atoms with Crippen LogP contribution < -0.4 is 5.32 Å². The second-order valence-corrected chi connectivity index (χ2v) is 4.55. The molecule has 2 rings (SSSR count). The van der Waals surface area contributed by atoms with Crippen LogP contribution in [-0.2, 0) is 0 Å². The van der Waals surface area contributed by atoms with Crippen molar-refractivity contribution in [3.05, 3.63) is 30.3 Å². The van der Waals surface area contributed by atoms with Gasteiger partial charge in [-0.05, 0) is 51.0 Å². The SMILES string of the molecule is c1ccc(NCCCN2CCCCC2)cc1. The van der Waals surface area contributed by atoms with Crippen molar-refractivity contribution in [2.45, 2.75) is 25.7 Å². The molecule has 0 amide bonds. The Kier molecular flexibility index (Phi) is 4.69. The van der Waals surface area contributed by atoms with Gasteiger partial charge in [0.05, 0.1) is 0 Å². The van der Waals surface area contributed by atoms with Crippen LogP contribution in [0.15, 0.2) is 30.3 Å². The van der Waals surface area contributed by atoms with Gasteiger partial charge in [0.2, 0.25) is 0 Å². The van der Waals surface area contributed by atoms with E-state index in [0.717, 1.165) is 6.54 Å². The zero-order valence-electron chi connectivity index (χ0n) is 9.99. The maximum absolute atomic E-state index is 3.46. The van der Waals surface area contributed by atoms with Gasteiger partial charge in [-0.3, -0.25) is 0 Å². The van der Waals surface area contributed by atoms with Crippen molar-refractivity contribution < 1.29 is 0 Å². The molecular weight excluding hydrogens is 196 g/mol. The third-order valence-electron chi connectivity index (χ3n) is 3.20. The van der Waals surface area contributed by atoms with E-state index in [2.05, 4.69) is 40.5 Å². The Morgan fingerprint density at radius 3 is 2.50 bits per heavy atom. The molecule has 1 aromatic carbocycles. The number of hydrogen-bond acceptors (Lipinski definition) is 2. The summed E-state index contributed by atoms with van der Waals surface area (Å²) in [7, 11) is 0. The highest BCUT2D eigenvalue weighted by atomic mass is 15.1. The molecule has 1 aromatic rings.